The Labute approximate surface area is 178 Å². The van der Waals surface area contributed by atoms with Gasteiger partial charge in [0.2, 0.25) is 11.8 Å². The molecule has 1 saturated heterocycles. The first kappa shape index (κ1) is 20.7. The van der Waals surface area contributed by atoms with E-state index in [0.29, 0.717) is 37.3 Å². The summed E-state index contributed by atoms with van der Waals surface area (Å²) < 4.78 is 4.92. The number of rotatable bonds is 5. The first-order valence-electron chi connectivity index (χ1n) is 10.3. The van der Waals surface area contributed by atoms with Crippen LogP contribution in [0, 0.1) is 0 Å². The maximum atomic E-state index is 13.0. The molecule has 2 aromatic heterocycles. The van der Waals surface area contributed by atoms with Crippen LogP contribution >= 0.6 is 11.3 Å². The molecule has 1 atom stereocenters. The molecular formula is C21H26N4O4S. The highest BCUT2D eigenvalue weighted by Crippen LogP contribution is 2.30. The molecule has 0 aromatic carbocycles. The van der Waals surface area contributed by atoms with E-state index < -0.39 is 0 Å². The molecule has 9 heteroatoms. The van der Waals surface area contributed by atoms with Crippen LogP contribution in [0.5, 0.6) is 0 Å². The molecule has 4 heterocycles. The maximum absolute atomic E-state index is 13.0. The average Bonchev–Trinajstić information content (AvgIpc) is 3.26. The van der Waals surface area contributed by atoms with Crippen LogP contribution in [0.25, 0.3) is 0 Å². The lowest BCUT2D eigenvalue weighted by Crippen LogP contribution is -2.43. The molecule has 0 radical (unpaired) electrons. The number of carbonyl (C=O) groups excluding carboxylic acids is 2. The lowest BCUT2D eigenvalue weighted by atomic mass is 9.99. The van der Waals surface area contributed by atoms with Crippen molar-refractivity contribution in [3.8, 4) is 0 Å². The van der Waals surface area contributed by atoms with E-state index in [0.717, 1.165) is 29.8 Å². The predicted octanol–water partition coefficient (Wildman–Crippen LogP) is 1.66. The number of carbonyl (C=O) groups is 2. The van der Waals surface area contributed by atoms with E-state index in [1.807, 2.05) is 22.4 Å². The van der Waals surface area contributed by atoms with Gasteiger partial charge >= 0.3 is 0 Å². The summed E-state index contributed by atoms with van der Waals surface area (Å²) in [5.41, 5.74) is 1.04. The molecule has 0 aliphatic carbocycles. The summed E-state index contributed by atoms with van der Waals surface area (Å²) in [7, 11) is 1.48. The van der Waals surface area contributed by atoms with Crippen LogP contribution < -0.4 is 5.56 Å². The molecule has 2 aromatic rings. The number of aromatic nitrogens is 2. The molecule has 2 amide bonds. The van der Waals surface area contributed by atoms with Crippen LogP contribution in [0.1, 0.15) is 47.3 Å². The fraction of sp³-hybridized carbons (Fsp3) is 0.524. The molecule has 8 nitrogen and oxygen atoms in total. The first-order chi connectivity index (χ1) is 14.6. The minimum Gasteiger partial charge on any atom is -0.375 e. The molecule has 1 N–H and O–H groups in total. The van der Waals surface area contributed by atoms with Crippen LogP contribution in [0.2, 0.25) is 0 Å². The zero-order valence-corrected chi connectivity index (χ0v) is 17.9. The van der Waals surface area contributed by atoms with Crippen molar-refractivity contribution in [3.05, 3.63) is 49.8 Å². The van der Waals surface area contributed by atoms with E-state index in [-0.39, 0.29) is 36.6 Å². The fourth-order valence-electron chi connectivity index (χ4n) is 4.21. The van der Waals surface area contributed by atoms with Gasteiger partial charge in [-0.2, -0.15) is 0 Å². The number of nitrogens with one attached hydrogen (secondary N) is 1. The Balaban J connectivity index is 1.56. The zero-order chi connectivity index (χ0) is 21.1. The number of likely N-dealkylation sites (tertiary alicyclic amines) is 1. The standard InChI is InChI=1S/C21H26N4O4S/c1-29-13-19(27)24-9-7-16-15(12-24)21(28)23-20(22-16)17-6-2-3-8-25(17)18(26)11-14-5-4-10-30-14/h4-5,10,17H,2-3,6-9,11-13H2,1H3,(H,22,23,28)/t17-/m0/s1. The predicted molar refractivity (Wildman–Crippen MR) is 112 cm³/mol. The maximum Gasteiger partial charge on any atom is 0.256 e. The van der Waals surface area contributed by atoms with Crippen LogP contribution in [-0.2, 0) is 33.7 Å². The molecule has 1 fully saturated rings. The van der Waals surface area contributed by atoms with Crippen molar-refractivity contribution < 1.29 is 14.3 Å². The van der Waals surface area contributed by atoms with E-state index >= 15 is 0 Å². The lowest BCUT2D eigenvalue weighted by Gasteiger charge is -2.36. The fourth-order valence-corrected chi connectivity index (χ4v) is 4.90. The van der Waals surface area contributed by atoms with Gasteiger partial charge in [-0.15, -0.1) is 11.3 Å². The number of piperidine rings is 1. The van der Waals surface area contributed by atoms with E-state index in [4.69, 9.17) is 9.72 Å². The van der Waals surface area contributed by atoms with E-state index in [1.165, 1.54) is 7.11 Å². The highest BCUT2D eigenvalue weighted by molar-refractivity contribution is 7.10. The third-order valence-corrected chi connectivity index (χ3v) is 6.63. The molecule has 0 saturated carbocycles. The quantitative estimate of drug-likeness (QED) is 0.778. The summed E-state index contributed by atoms with van der Waals surface area (Å²) >= 11 is 1.58. The number of amides is 2. The molecule has 4 rings (SSSR count). The van der Waals surface area contributed by atoms with E-state index in [1.54, 1.807) is 16.2 Å². The summed E-state index contributed by atoms with van der Waals surface area (Å²) in [6.07, 6.45) is 3.64. The smallest absolute Gasteiger partial charge is 0.256 e. The molecule has 0 unspecified atom stereocenters. The molecule has 2 aliphatic heterocycles. The van der Waals surface area contributed by atoms with Crippen molar-refractivity contribution in [2.24, 2.45) is 0 Å². The van der Waals surface area contributed by atoms with Crippen LogP contribution in [0.3, 0.4) is 0 Å². The number of fused-ring (bicyclic) bond motifs is 1. The Morgan fingerprint density at radius 2 is 2.17 bits per heavy atom. The van der Waals surface area contributed by atoms with Crippen molar-refractivity contribution in [1.82, 2.24) is 19.8 Å². The second-order valence-corrected chi connectivity index (χ2v) is 8.76. The summed E-state index contributed by atoms with van der Waals surface area (Å²) in [5.74, 6) is 0.498. The number of hydrogen-bond acceptors (Lipinski definition) is 6. The molecule has 160 valence electrons. The number of aromatic amines is 1. The molecule has 30 heavy (non-hydrogen) atoms. The largest absolute Gasteiger partial charge is 0.375 e. The summed E-state index contributed by atoms with van der Waals surface area (Å²) in [6.45, 7) is 1.43. The first-order valence-corrected chi connectivity index (χ1v) is 11.2. The minimum absolute atomic E-state index is 0.00212. The summed E-state index contributed by atoms with van der Waals surface area (Å²) in [6, 6.07) is 3.71. The number of nitrogens with zero attached hydrogens (tertiary/aromatic N) is 3. The average molecular weight is 431 g/mol. The Hall–Kier alpha value is -2.52. The van der Waals surface area contributed by atoms with Gasteiger partial charge < -0.3 is 19.5 Å². The van der Waals surface area contributed by atoms with Gasteiger partial charge in [-0.1, -0.05) is 6.07 Å². The Bertz CT molecular complexity index is 972. The number of hydrogen-bond donors (Lipinski definition) is 1. The number of ether oxygens (including phenoxy) is 1. The lowest BCUT2D eigenvalue weighted by molar-refractivity contribution is -0.136. The number of H-pyrrole nitrogens is 1. The monoisotopic (exact) mass is 430 g/mol. The SMILES string of the molecule is COCC(=O)N1CCc2nc([C@@H]3CCCCN3C(=O)Cc3cccs3)[nH]c(=O)c2C1. The van der Waals surface area contributed by atoms with Crippen molar-refractivity contribution >= 4 is 23.2 Å². The van der Waals surface area contributed by atoms with Crippen molar-refractivity contribution in [1.29, 1.82) is 0 Å². The Morgan fingerprint density at radius 1 is 1.30 bits per heavy atom. The van der Waals surface area contributed by atoms with Gasteiger partial charge in [0.15, 0.2) is 0 Å². The second-order valence-electron chi connectivity index (χ2n) is 7.73. The molecular weight excluding hydrogens is 404 g/mol. The van der Waals surface area contributed by atoms with Crippen LogP contribution in [0.4, 0.5) is 0 Å². The topological polar surface area (TPSA) is 95.6 Å². The van der Waals surface area contributed by atoms with Crippen LogP contribution in [0.15, 0.2) is 22.3 Å². The Kier molecular flexibility index (Phi) is 6.29. The zero-order valence-electron chi connectivity index (χ0n) is 17.1. The van der Waals surface area contributed by atoms with Crippen LogP contribution in [-0.4, -0.2) is 58.4 Å². The molecule has 0 bridgehead atoms. The van der Waals surface area contributed by atoms with Crippen molar-refractivity contribution in [3.63, 3.8) is 0 Å². The van der Waals surface area contributed by atoms with E-state index in [2.05, 4.69) is 4.98 Å². The summed E-state index contributed by atoms with van der Waals surface area (Å²) in [4.78, 5) is 50.1. The van der Waals surface area contributed by atoms with Crippen molar-refractivity contribution in [2.45, 2.75) is 44.7 Å². The highest BCUT2D eigenvalue weighted by atomic mass is 32.1. The van der Waals surface area contributed by atoms with Gasteiger partial charge in [-0.05, 0) is 30.7 Å². The highest BCUT2D eigenvalue weighted by Gasteiger charge is 2.32. The normalized spacial score (nSPS) is 18.9. The minimum atomic E-state index is -0.221. The Morgan fingerprint density at radius 3 is 2.93 bits per heavy atom. The molecule has 0 spiro atoms. The molecule has 2 aliphatic rings. The van der Waals surface area contributed by atoms with Gasteiger partial charge in [0.1, 0.15) is 12.4 Å². The third-order valence-electron chi connectivity index (χ3n) is 5.75. The van der Waals surface area contributed by atoms with Crippen molar-refractivity contribution in [2.75, 3.05) is 26.8 Å². The van der Waals surface area contributed by atoms with Gasteiger partial charge in [0, 0.05) is 31.5 Å². The second kappa shape index (κ2) is 9.09. The van der Waals surface area contributed by atoms with Gasteiger partial charge in [-0.3, -0.25) is 14.4 Å². The third kappa shape index (κ3) is 4.32. The number of thiophene rings is 1. The van der Waals surface area contributed by atoms with Gasteiger partial charge in [0.25, 0.3) is 5.56 Å². The van der Waals surface area contributed by atoms with E-state index in [9.17, 15) is 14.4 Å². The number of methoxy groups -OCH3 is 1. The van der Waals surface area contributed by atoms with Gasteiger partial charge in [-0.25, -0.2) is 4.98 Å². The summed E-state index contributed by atoms with van der Waals surface area (Å²) in [5, 5.41) is 1.97. The van der Waals surface area contributed by atoms with Gasteiger partial charge in [0.05, 0.1) is 30.3 Å².